The van der Waals surface area contributed by atoms with E-state index in [2.05, 4.69) is 10.6 Å². The normalized spacial score (nSPS) is 13.0. The number of esters is 2. The van der Waals surface area contributed by atoms with E-state index in [4.69, 9.17) is 14.2 Å². The molecule has 0 bridgehead atoms. The van der Waals surface area contributed by atoms with Crippen LogP contribution in [0.1, 0.15) is 53.0 Å². The molecule has 9 heteroatoms. The van der Waals surface area contributed by atoms with E-state index in [1.165, 1.54) is 7.11 Å². The lowest BCUT2D eigenvalue weighted by atomic mass is 10.0. The predicted octanol–water partition coefficient (Wildman–Crippen LogP) is 2.72. The minimum Gasteiger partial charge on any atom is -0.467 e. The third-order valence-corrected chi connectivity index (χ3v) is 4.29. The molecule has 2 amide bonds. The Balaban J connectivity index is 2.71. The summed E-state index contributed by atoms with van der Waals surface area (Å²) >= 11 is 0. The highest BCUT2D eigenvalue weighted by Gasteiger charge is 2.30. The number of carbonyl (C=O) groups excluding carboxylic acids is 4. The lowest BCUT2D eigenvalue weighted by Crippen LogP contribution is -2.54. The highest BCUT2D eigenvalue weighted by Crippen LogP contribution is 2.11. The van der Waals surface area contributed by atoms with Crippen molar-refractivity contribution in [1.29, 1.82) is 0 Å². The second-order valence-corrected chi connectivity index (χ2v) is 8.64. The van der Waals surface area contributed by atoms with Crippen LogP contribution in [-0.2, 0) is 35.2 Å². The Morgan fingerprint density at radius 2 is 1.62 bits per heavy atom. The van der Waals surface area contributed by atoms with Crippen molar-refractivity contribution < 1.29 is 33.4 Å². The van der Waals surface area contributed by atoms with Gasteiger partial charge in [-0.1, -0.05) is 44.2 Å². The molecule has 1 aromatic rings. The van der Waals surface area contributed by atoms with Crippen LogP contribution < -0.4 is 10.6 Å². The minimum atomic E-state index is -1.07. The predicted molar refractivity (Wildman–Crippen MR) is 117 cm³/mol. The Hall–Kier alpha value is -3.10. The highest BCUT2D eigenvalue weighted by molar-refractivity contribution is 5.90. The molecule has 0 aliphatic rings. The van der Waals surface area contributed by atoms with Gasteiger partial charge in [-0.15, -0.1) is 0 Å². The SMILES string of the molecule is COC(=O)[C@@H](CCC(=O)OC(C)(C)C)NC(=O)[C@H](NC(=O)OCc1ccccc1)C(C)C. The van der Waals surface area contributed by atoms with E-state index >= 15 is 0 Å². The summed E-state index contributed by atoms with van der Waals surface area (Å²) in [4.78, 5) is 49.1. The molecule has 0 aliphatic heterocycles. The topological polar surface area (TPSA) is 120 Å². The zero-order valence-electron chi connectivity index (χ0n) is 19.6. The van der Waals surface area contributed by atoms with Gasteiger partial charge in [-0.3, -0.25) is 9.59 Å². The zero-order valence-corrected chi connectivity index (χ0v) is 19.6. The Morgan fingerprint density at radius 3 is 2.16 bits per heavy atom. The third kappa shape index (κ3) is 10.3. The van der Waals surface area contributed by atoms with Gasteiger partial charge in [0.2, 0.25) is 5.91 Å². The van der Waals surface area contributed by atoms with Crippen LogP contribution in [-0.4, -0.2) is 48.7 Å². The molecule has 0 heterocycles. The van der Waals surface area contributed by atoms with Crippen molar-refractivity contribution in [2.24, 2.45) is 5.92 Å². The summed E-state index contributed by atoms with van der Waals surface area (Å²) < 4.78 is 15.1. The van der Waals surface area contributed by atoms with Crippen LogP contribution in [0.5, 0.6) is 0 Å². The van der Waals surface area contributed by atoms with Crippen molar-refractivity contribution in [3.8, 4) is 0 Å². The maximum absolute atomic E-state index is 12.8. The number of amides is 2. The molecule has 32 heavy (non-hydrogen) atoms. The first-order valence-corrected chi connectivity index (χ1v) is 10.5. The number of hydrogen-bond acceptors (Lipinski definition) is 7. The largest absolute Gasteiger partial charge is 0.467 e. The van der Waals surface area contributed by atoms with Crippen LogP contribution in [0.25, 0.3) is 0 Å². The van der Waals surface area contributed by atoms with E-state index in [9.17, 15) is 19.2 Å². The molecule has 2 N–H and O–H groups in total. The minimum absolute atomic E-state index is 0.00338. The van der Waals surface area contributed by atoms with Gasteiger partial charge in [0, 0.05) is 6.42 Å². The number of carbonyl (C=O) groups is 4. The van der Waals surface area contributed by atoms with Gasteiger partial charge in [0.1, 0.15) is 24.3 Å². The molecule has 0 aliphatic carbocycles. The molecule has 0 aromatic heterocycles. The monoisotopic (exact) mass is 450 g/mol. The fourth-order valence-electron chi connectivity index (χ4n) is 2.73. The standard InChI is InChI=1S/C23H34N2O7/c1-15(2)19(25-22(29)31-14-16-10-8-7-9-11-16)20(27)24-17(21(28)30-6)12-13-18(26)32-23(3,4)5/h7-11,15,17,19H,12-14H2,1-6H3,(H,24,27)(H,25,29)/t17-,19-/m1/s1. The number of rotatable bonds is 10. The highest BCUT2D eigenvalue weighted by atomic mass is 16.6. The van der Waals surface area contributed by atoms with Gasteiger partial charge in [0.25, 0.3) is 0 Å². The second kappa shape index (κ2) is 12.7. The summed E-state index contributed by atoms with van der Waals surface area (Å²) in [7, 11) is 1.19. The maximum Gasteiger partial charge on any atom is 0.408 e. The van der Waals surface area contributed by atoms with Crippen molar-refractivity contribution in [3.63, 3.8) is 0 Å². The first kappa shape index (κ1) is 26.9. The molecule has 2 atom stereocenters. The number of methoxy groups -OCH3 is 1. The van der Waals surface area contributed by atoms with Crippen LogP contribution >= 0.6 is 0 Å². The maximum atomic E-state index is 12.8. The van der Waals surface area contributed by atoms with E-state index in [1.807, 2.05) is 30.3 Å². The van der Waals surface area contributed by atoms with Crippen LogP contribution in [0.2, 0.25) is 0 Å². The quantitative estimate of drug-likeness (QED) is 0.415. The average molecular weight is 451 g/mol. The van der Waals surface area contributed by atoms with Crippen molar-refractivity contribution in [3.05, 3.63) is 35.9 Å². The fourth-order valence-corrected chi connectivity index (χ4v) is 2.73. The molecule has 178 valence electrons. The van der Waals surface area contributed by atoms with E-state index in [0.29, 0.717) is 0 Å². The molecule has 1 rings (SSSR count). The first-order chi connectivity index (χ1) is 14.9. The van der Waals surface area contributed by atoms with Crippen molar-refractivity contribution in [2.45, 2.75) is 71.8 Å². The summed E-state index contributed by atoms with van der Waals surface area (Å²) in [6.45, 7) is 8.76. The average Bonchev–Trinajstić information content (AvgIpc) is 2.71. The van der Waals surface area contributed by atoms with Gasteiger partial charge < -0.3 is 24.8 Å². The molecule has 9 nitrogen and oxygen atoms in total. The first-order valence-electron chi connectivity index (χ1n) is 10.5. The fraction of sp³-hybridized carbons (Fsp3) is 0.565. The van der Waals surface area contributed by atoms with Gasteiger partial charge >= 0.3 is 18.0 Å². The lowest BCUT2D eigenvalue weighted by Gasteiger charge is -2.25. The molecule has 0 spiro atoms. The van der Waals surface area contributed by atoms with E-state index in [0.717, 1.165) is 5.56 Å². The van der Waals surface area contributed by atoms with Gasteiger partial charge in [-0.2, -0.15) is 0 Å². The number of ether oxygens (including phenoxy) is 3. The molecule has 0 unspecified atom stereocenters. The summed E-state index contributed by atoms with van der Waals surface area (Å²) in [5.74, 6) is -2.07. The summed E-state index contributed by atoms with van der Waals surface area (Å²) in [6, 6.07) is 7.10. The molecular weight excluding hydrogens is 416 g/mol. The van der Waals surface area contributed by atoms with Gasteiger partial charge in [0.15, 0.2) is 0 Å². The number of benzene rings is 1. The van der Waals surface area contributed by atoms with Crippen LogP contribution in [0.4, 0.5) is 4.79 Å². The van der Waals surface area contributed by atoms with Crippen molar-refractivity contribution >= 4 is 23.9 Å². The summed E-state index contributed by atoms with van der Waals surface area (Å²) in [5, 5.41) is 5.08. The Labute approximate surface area is 189 Å². The molecule has 0 saturated carbocycles. The van der Waals surface area contributed by atoms with Crippen molar-refractivity contribution in [2.75, 3.05) is 7.11 Å². The Morgan fingerprint density at radius 1 is 1.00 bits per heavy atom. The number of alkyl carbamates (subject to hydrolysis) is 1. The molecule has 1 aromatic carbocycles. The zero-order chi connectivity index (χ0) is 24.3. The second-order valence-electron chi connectivity index (χ2n) is 8.64. The van der Waals surface area contributed by atoms with E-state index in [1.54, 1.807) is 34.6 Å². The lowest BCUT2D eigenvalue weighted by molar-refractivity contribution is -0.155. The Kier molecular flexibility index (Phi) is 10.7. The number of hydrogen-bond donors (Lipinski definition) is 2. The van der Waals surface area contributed by atoms with Gasteiger partial charge in [-0.05, 0) is 38.7 Å². The Bertz CT molecular complexity index is 772. The third-order valence-electron chi connectivity index (χ3n) is 4.29. The molecule has 0 saturated heterocycles. The van der Waals surface area contributed by atoms with Gasteiger partial charge in [-0.25, -0.2) is 9.59 Å². The summed E-state index contributed by atoms with van der Waals surface area (Å²) in [6.07, 6.45) is -0.849. The van der Waals surface area contributed by atoms with E-state index in [-0.39, 0.29) is 25.4 Å². The smallest absolute Gasteiger partial charge is 0.408 e. The van der Waals surface area contributed by atoms with Crippen LogP contribution in [0.15, 0.2) is 30.3 Å². The van der Waals surface area contributed by atoms with Gasteiger partial charge in [0.05, 0.1) is 7.11 Å². The molecule has 0 fully saturated rings. The number of nitrogens with one attached hydrogen (secondary N) is 2. The summed E-state index contributed by atoms with van der Waals surface area (Å²) in [5.41, 5.74) is 0.148. The van der Waals surface area contributed by atoms with Crippen molar-refractivity contribution in [1.82, 2.24) is 10.6 Å². The van der Waals surface area contributed by atoms with Crippen LogP contribution in [0, 0.1) is 5.92 Å². The molecular formula is C23H34N2O7. The van der Waals surface area contributed by atoms with Crippen LogP contribution in [0.3, 0.4) is 0 Å². The van der Waals surface area contributed by atoms with E-state index < -0.39 is 41.6 Å². The molecule has 0 radical (unpaired) electrons.